The summed E-state index contributed by atoms with van der Waals surface area (Å²) >= 11 is 0. The molecule has 0 saturated carbocycles. The molecule has 1 N–H and O–H groups in total. The Balaban J connectivity index is 3.91. The Kier molecular flexibility index (Phi) is 4.73. The maximum absolute atomic E-state index is 3.91. The van der Waals surface area contributed by atoms with Gasteiger partial charge in [-0.2, -0.15) is 0 Å². The second-order valence-corrected chi connectivity index (χ2v) is 2.18. The molecule has 0 aromatic heterocycles. The van der Waals surface area contributed by atoms with Crippen LogP contribution in [0.4, 0.5) is 0 Å². The lowest BCUT2D eigenvalue weighted by molar-refractivity contribution is 0.849. The molecule has 0 aliphatic rings. The van der Waals surface area contributed by atoms with Crippen LogP contribution in [0.3, 0.4) is 0 Å². The molecule has 0 saturated heterocycles. The third kappa shape index (κ3) is 2.72. The van der Waals surface area contributed by atoms with Crippen LogP contribution in [-0.4, -0.2) is 6.54 Å². The highest BCUT2D eigenvalue weighted by atomic mass is 14.9. The van der Waals surface area contributed by atoms with E-state index in [9.17, 15) is 0 Å². The zero-order valence-electron chi connectivity index (χ0n) is 7.20. The summed E-state index contributed by atoms with van der Waals surface area (Å²) in [7, 11) is 0. The quantitative estimate of drug-likeness (QED) is 0.590. The standard InChI is InChI=1S/C9H17N/c1-5-9(6-2)8(4)10-7-3/h5,10H,4,6-7H2,1-3H3/b9-5-. The third-order valence-electron chi connectivity index (χ3n) is 1.51. The fraction of sp³-hybridized carbons (Fsp3) is 0.556. The first-order valence-corrected chi connectivity index (χ1v) is 3.84. The van der Waals surface area contributed by atoms with Crippen molar-refractivity contribution in [2.24, 2.45) is 0 Å². The first-order valence-electron chi connectivity index (χ1n) is 3.84. The van der Waals surface area contributed by atoms with E-state index in [0.717, 1.165) is 18.7 Å². The Hall–Kier alpha value is -0.720. The van der Waals surface area contributed by atoms with E-state index in [1.54, 1.807) is 0 Å². The van der Waals surface area contributed by atoms with Crippen LogP contribution in [0, 0.1) is 0 Å². The van der Waals surface area contributed by atoms with Gasteiger partial charge in [0.2, 0.25) is 0 Å². The van der Waals surface area contributed by atoms with Crippen molar-refractivity contribution < 1.29 is 0 Å². The summed E-state index contributed by atoms with van der Waals surface area (Å²) in [5.41, 5.74) is 2.37. The van der Waals surface area contributed by atoms with Gasteiger partial charge < -0.3 is 5.32 Å². The predicted molar refractivity (Wildman–Crippen MR) is 46.9 cm³/mol. The summed E-state index contributed by atoms with van der Waals surface area (Å²) in [5, 5.41) is 3.18. The number of nitrogens with one attached hydrogen (secondary N) is 1. The summed E-state index contributed by atoms with van der Waals surface area (Å²) in [6.45, 7) is 11.1. The minimum Gasteiger partial charge on any atom is -0.386 e. The summed E-state index contributed by atoms with van der Waals surface area (Å²) in [6.07, 6.45) is 3.16. The molecule has 0 fully saturated rings. The van der Waals surface area contributed by atoms with Crippen LogP contribution in [0.25, 0.3) is 0 Å². The molecule has 0 aromatic carbocycles. The third-order valence-corrected chi connectivity index (χ3v) is 1.51. The summed E-state index contributed by atoms with van der Waals surface area (Å²) in [5.74, 6) is 0. The van der Waals surface area contributed by atoms with Crippen molar-refractivity contribution >= 4 is 0 Å². The average Bonchev–Trinajstić information content (AvgIpc) is 1.91. The predicted octanol–water partition coefficient (Wildman–Crippen LogP) is 2.47. The van der Waals surface area contributed by atoms with E-state index >= 15 is 0 Å². The first-order chi connectivity index (χ1) is 4.76. The Morgan fingerprint density at radius 1 is 1.50 bits per heavy atom. The normalized spacial score (nSPS) is 11.3. The van der Waals surface area contributed by atoms with E-state index in [-0.39, 0.29) is 0 Å². The zero-order valence-corrected chi connectivity index (χ0v) is 7.20. The van der Waals surface area contributed by atoms with Crippen molar-refractivity contribution in [2.45, 2.75) is 27.2 Å². The highest BCUT2D eigenvalue weighted by Crippen LogP contribution is 2.07. The van der Waals surface area contributed by atoms with Crippen molar-refractivity contribution in [3.63, 3.8) is 0 Å². The van der Waals surface area contributed by atoms with Crippen molar-refractivity contribution in [3.8, 4) is 0 Å². The van der Waals surface area contributed by atoms with Crippen LogP contribution >= 0.6 is 0 Å². The molecular weight excluding hydrogens is 122 g/mol. The molecule has 1 nitrogen and oxygen atoms in total. The Bertz CT molecular complexity index is 134. The number of hydrogen-bond donors (Lipinski definition) is 1. The zero-order chi connectivity index (χ0) is 7.98. The van der Waals surface area contributed by atoms with Gasteiger partial charge in [0.1, 0.15) is 0 Å². The van der Waals surface area contributed by atoms with Gasteiger partial charge >= 0.3 is 0 Å². The van der Waals surface area contributed by atoms with Gasteiger partial charge in [0, 0.05) is 12.2 Å². The number of rotatable bonds is 4. The monoisotopic (exact) mass is 139 g/mol. The molecule has 58 valence electrons. The molecule has 1 heteroatoms. The molecule has 0 bridgehead atoms. The smallest absolute Gasteiger partial charge is 0.0296 e. The molecule has 0 radical (unpaired) electrons. The topological polar surface area (TPSA) is 12.0 Å². The fourth-order valence-electron chi connectivity index (χ4n) is 0.919. The molecule has 0 heterocycles. The van der Waals surface area contributed by atoms with E-state index in [4.69, 9.17) is 0 Å². The van der Waals surface area contributed by atoms with Gasteiger partial charge in [0.05, 0.1) is 0 Å². The number of hydrogen-bond acceptors (Lipinski definition) is 1. The second-order valence-electron chi connectivity index (χ2n) is 2.18. The van der Waals surface area contributed by atoms with Gasteiger partial charge in [-0.05, 0) is 25.8 Å². The highest BCUT2D eigenvalue weighted by molar-refractivity contribution is 5.25. The molecule has 0 amide bonds. The van der Waals surface area contributed by atoms with E-state index in [0.29, 0.717) is 0 Å². The van der Waals surface area contributed by atoms with Gasteiger partial charge in [0.15, 0.2) is 0 Å². The molecule has 0 rings (SSSR count). The van der Waals surface area contributed by atoms with Crippen molar-refractivity contribution in [3.05, 3.63) is 23.9 Å². The van der Waals surface area contributed by atoms with E-state index in [1.165, 1.54) is 5.57 Å². The van der Waals surface area contributed by atoms with Gasteiger partial charge in [-0.3, -0.25) is 0 Å². The van der Waals surface area contributed by atoms with Gasteiger partial charge in [-0.15, -0.1) is 0 Å². The van der Waals surface area contributed by atoms with Crippen molar-refractivity contribution in [2.75, 3.05) is 6.54 Å². The molecule has 0 atom stereocenters. The lowest BCUT2D eigenvalue weighted by Crippen LogP contribution is -2.12. The first kappa shape index (κ1) is 9.28. The summed E-state index contributed by atoms with van der Waals surface area (Å²) in [6, 6.07) is 0. The largest absolute Gasteiger partial charge is 0.386 e. The number of allylic oxidation sites excluding steroid dienone is 2. The molecule has 10 heavy (non-hydrogen) atoms. The lowest BCUT2D eigenvalue weighted by atomic mass is 10.1. The van der Waals surface area contributed by atoms with E-state index in [2.05, 4.69) is 31.8 Å². The maximum Gasteiger partial charge on any atom is 0.0296 e. The van der Waals surface area contributed by atoms with Gasteiger partial charge in [0.25, 0.3) is 0 Å². The Labute approximate surface area is 63.8 Å². The van der Waals surface area contributed by atoms with Crippen LogP contribution in [0.1, 0.15) is 27.2 Å². The average molecular weight is 139 g/mol. The fourth-order valence-corrected chi connectivity index (χ4v) is 0.919. The van der Waals surface area contributed by atoms with E-state index < -0.39 is 0 Å². The summed E-state index contributed by atoms with van der Waals surface area (Å²) < 4.78 is 0. The maximum atomic E-state index is 3.91. The molecule has 0 aliphatic carbocycles. The van der Waals surface area contributed by atoms with Crippen LogP contribution in [0.15, 0.2) is 23.9 Å². The molecular formula is C9H17N. The van der Waals surface area contributed by atoms with Crippen LogP contribution < -0.4 is 5.32 Å². The van der Waals surface area contributed by atoms with Gasteiger partial charge in [-0.25, -0.2) is 0 Å². The molecule has 0 aromatic rings. The molecule has 0 unspecified atom stereocenters. The van der Waals surface area contributed by atoms with E-state index in [1.807, 2.05) is 6.92 Å². The van der Waals surface area contributed by atoms with Crippen LogP contribution in [0.2, 0.25) is 0 Å². The van der Waals surface area contributed by atoms with Crippen molar-refractivity contribution in [1.82, 2.24) is 5.32 Å². The highest BCUT2D eigenvalue weighted by Gasteiger charge is 1.94. The Morgan fingerprint density at radius 2 is 2.10 bits per heavy atom. The molecule has 0 aliphatic heterocycles. The van der Waals surface area contributed by atoms with Crippen molar-refractivity contribution in [1.29, 1.82) is 0 Å². The minimum atomic E-state index is 0.955. The minimum absolute atomic E-state index is 0.955. The Morgan fingerprint density at radius 3 is 2.40 bits per heavy atom. The van der Waals surface area contributed by atoms with Crippen LogP contribution in [-0.2, 0) is 0 Å². The van der Waals surface area contributed by atoms with Gasteiger partial charge in [-0.1, -0.05) is 19.6 Å². The second kappa shape index (κ2) is 5.10. The van der Waals surface area contributed by atoms with Crippen LogP contribution in [0.5, 0.6) is 0 Å². The molecule has 0 spiro atoms. The number of likely N-dealkylation sites (N-methyl/N-ethyl adjacent to an activating group) is 1. The SMILES string of the molecule is C=C(NCC)/C(=C\C)CC. The summed E-state index contributed by atoms with van der Waals surface area (Å²) in [4.78, 5) is 0. The lowest BCUT2D eigenvalue weighted by Gasteiger charge is -2.08.